The molecule has 20 heavy (non-hydrogen) atoms. The standard InChI is InChI=1S/C13H17NO4S2/c1-2-10-5-3-4-6-13(10)20(17,18)14-8-12-7-11(14)9-19(12,15)16/h3-6,11-12H,2,7-9H2,1H3. The molecule has 5 nitrogen and oxygen atoms in total. The Kier molecular flexibility index (Phi) is 3.19. The fourth-order valence-electron chi connectivity index (χ4n) is 3.13. The molecule has 0 saturated carbocycles. The van der Waals surface area contributed by atoms with E-state index >= 15 is 0 Å². The van der Waals surface area contributed by atoms with Crippen LogP contribution in [0.5, 0.6) is 0 Å². The molecule has 2 heterocycles. The largest absolute Gasteiger partial charge is 0.243 e. The number of nitrogens with zero attached hydrogens (tertiary/aromatic N) is 1. The Labute approximate surface area is 119 Å². The van der Waals surface area contributed by atoms with E-state index in [1.165, 1.54) is 4.31 Å². The van der Waals surface area contributed by atoms with E-state index in [2.05, 4.69) is 0 Å². The van der Waals surface area contributed by atoms with Gasteiger partial charge in [0.1, 0.15) is 0 Å². The zero-order chi connectivity index (χ0) is 14.5. The number of hydrogen-bond donors (Lipinski definition) is 0. The van der Waals surface area contributed by atoms with Crippen LogP contribution < -0.4 is 0 Å². The van der Waals surface area contributed by atoms with Gasteiger partial charge in [0.15, 0.2) is 9.84 Å². The van der Waals surface area contributed by atoms with Crippen molar-refractivity contribution in [2.45, 2.75) is 36.0 Å². The van der Waals surface area contributed by atoms with Crippen LogP contribution in [-0.4, -0.2) is 44.7 Å². The first-order chi connectivity index (χ1) is 9.36. The zero-order valence-electron chi connectivity index (χ0n) is 11.2. The van der Waals surface area contributed by atoms with Crippen molar-refractivity contribution < 1.29 is 16.8 Å². The Morgan fingerprint density at radius 2 is 2.00 bits per heavy atom. The first-order valence-electron chi connectivity index (χ1n) is 6.67. The SMILES string of the molecule is CCc1ccccc1S(=O)(=O)N1CC2CC1CS2(=O)=O. The summed E-state index contributed by atoms with van der Waals surface area (Å²) in [6.45, 7) is 2.02. The van der Waals surface area contributed by atoms with Gasteiger partial charge in [-0.15, -0.1) is 0 Å². The number of benzene rings is 1. The monoisotopic (exact) mass is 315 g/mol. The molecule has 1 aromatic rings. The fourth-order valence-corrected chi connectivity index (χ4v) is 7.32. The van der Waals surface area contributed by atoms with Crippen molar-refractivity contribution in [3.63, 3.8) is 0 Å². The third kappa shape index (κ3) is 1.99. The molecule has 2 atom stereocenters. The molecule has 2 bridgehead atoms. The predicted octanol–water partition coefficient (Wildman–Crippen LogP) is 0.809. The summed E-state index contributed by atoms with van der Waals surface area (Å²) in [6.07, 6.45) is 1.07. The molecule has 0 amide bonds. The van der Waals surface area contributed by atoms with Crippen LogP contribution in [0.1, 0.15) is 18.9 Å². The lowest BCUT2D eigenvalue weighted by atomic mass is 10.2. The molecule has 2 aliphatic heterocycles. The van der Waals surface area contributed by atoms with Gasteiger partial charge in [-0.25, -0.2) is 16.8 Å². The van der Waals surface area contributed by atoms with E-state index in [9.17, 15) is 16.8 Å². The molecular formula is C13H17NO4S2. The summed E-state index contributed by atoms with van der Waals surface area (Å²) in [5.41, 5.74) is 0.776. The number of sulfone groups is 1. The lowest BCUT2D eigenvalue weighted by molar-refractivity contribution is 0.402. The van der Waals surface area contributed by atoms with Crippen LogP contribution >= 0.6 is 0 Å². The van der Waals surface area contributed by atoms with Crippen LogP contribution in [0, 0.1) is 0 Å². The van der Waals surface area contributed by atoms with Crippen LogP contribution in [0.2, 0.25) is 0 Å². The van der Waals surface area contributed by atoms with E-state index in [1.807, 2.05) is 13.0 Å². The summed E-state index contributed by atoms with van der Waals surface area (Å²) in [7, 11) is -6.68. The molecule has 0 aromatic heterocycles. The number of fused-ring (bicyclic) bond motifs is 2. The number of hydrogen-bond acceptors (Lipinski definition) is 4. The first-order valence-corrected chi connectivity index (χ1v) is 9.83. The van der Waals surface area contributed by atoms with Crippen LogP contribution in [-0.2, 0) is 26.3 Å². The van der Waals surface area contributed by atoms with Crippen molar-refractivity contribution >= 4 is 19.9 Å². The highest BCUT2D eigenvalue weighted by Gasteiger charge is 2.52. The molecular weight excluding hydrogens is 298 g/mol. The molecule has 7 heteroatoms. The van der Waals surface area contributed by atoms with Gasteiger partial charge in [-0.1, -0.05) is 25.1 Å². The van der Waals surface area contributed by atoms with E-state index in [0.717, 1.165) is 5.56 Å². The van der Waals surface area contributed by atoms with E-state index in [1.54, 1.807) is 18.2 Å². The minimum Gasteiger partial charge on any atom is -0.228 e. The molecule has 2 aliphatic rings. The maximum Gasteiger partial charge on any atom is 0.243 e. The third-order valence-corrected chi connectivity index (χ3v) is 8.42. The van der Waals surface area contributed by atoms with E-state index in [0.29, 0.717) is 17.7 Å². The lowest BCUT2D eigenvalue weighted by Crippen LogP contribution is -2.44. The van der Waals surface area contributed by atoms with Gasteiger partial charge < -0.3 is 0 Å². The van der Waals surface area contributed by atoms with E-state index < -0.39 is 25.1 Å². The number of sulfonamides is 1. The molecule has 1 aromatic carbocycles. The number of rotatable bonds is 3. The highest BCUT2D eigenvalue weighted by Crippen LogP contribution is 2.37. The average molecular weight is 315 g/mol. The number of aryl methyl sites for hydroxylation is 1. The zero-order valence-corrected chi connectivity index (χ0v) is 12.8. The van der Waals surface area contributed by atoms with Gasteiger partial charge in [0.2, 0.25) is 10.0 Å². The minimum absolute atomic E-state index is 0.0365. The molecule has 110 valence electrons. The van der Waals surface area contributed by atoms with E-state index in [4.69, 9.17) is 0 Å². The van der Waals surface area contributed by atoms with Gasteiger partial charge in [0.25, 0.3) is 0 Å². The van der Waals surface area contributed by atoms with Crippen molar-refractivity contribution in [2.24, 2.45) is 0 Å². The molecule has 2 saturated heterocycles. The summed E-state index contributed by atoms with van der Waals surface area (Å²) in [4.78, 5) is 0.312. The second-order valence-electron chi connectivity index (χ2n) is 5.38. The van der Waals surface area contributed by atoms with Gasteiger partial charge in [0.05, 0.1) is 15.9 Å². The average Bonchev–Trinajstić information content (AvgIpc) is 2.94. The molecule has 0 N–H and O–H groups in total. The molecule has 3 rings (SSSR count). The van der Waals surface area contributed by atoms with Crippen molar-refractivity contribution in [1.29, 1.82) is 0 Å². The Bertz CT molecular complexity index is 739. The molecule has 0 radical (unpaired) electrons. The lowest BCUT2D eigenvalue weighted by Gasteiger charge is -2.26. The fraction of sp³-hybridized carbons (Fsp3) is 0.538. The molecule has 2 unspecified atom stereocenters. The van der Waals surface area contributed by atoms with Crippen molar-refractivity contribution in [3.8, 4) is 0 Å². The quantitative estimate of drug-likeness (QED) is 0.827. The third-order valence-electron chi connectivity index (χ3n) is 4.20. The molecule has 2 fully saturated rings. The Hall–Kier alpha value is -0.920. The summed E-state index contributed by atoms with van der Waals surface area (Å²) < 4.78 is 50.3. The van der Waals surface area contributed by atoms with Gasteiger partial charge >= 0.3 is 0 Å². The van der Waals surface area contributed by atoms with Crippen LogP contribution in [0.15, 0.2) is 29.2 Å². The summed E-state index contributed by atoms with van der Waals surface area (Å²) >= 11 is 0. The smallest absolute Gasteiger partial charge is 0.228 e. The molecule has 0 aliphatic carbocycles. The summed E-state index contributed by atoms with van der Waals surface area (Å²) in [5, 5.41) is -0.518. The second kappa shape index (κ2) is 4.54. The maximum atomic E-state index is 12.7. The van der Waals surface area contributed by atoms with Crippen molar-refractivity contribution in [1.82, 2.24) is 4.31 Å². The first kappa shape index (κ1) is 14.0. The van der Waals surface area contributed by atoms with Crippen LogP contribution in [0.4, 0.5) is 0 Å². The Morgan fingerprint density at radius 1 is 1.30 bits per heavy atom. The topological polar surface area (TPSA) is 71.5 Å². The predicted molar refractivity (Wildman–Crippen MR) is 75.7 cm³/mol. The normalized spacial score (nSPS) is 28.9. The van der Waals surface area contributed by atoms with Crippen molar-refractivity contribution in [3.05, 3.63) is 29.8 Å². The minimum atomic E-state index is -3.59. The van der Waals surface area contributed by atoms with Gasteiger partial charge in [0, 0.05) is 12.6 Å². The Morgan fingerprint density at radius 3 is 2.55 bits per heavy atom. The highest BCUT2D eigenvalue weighted by atomic mass is 32.2. The second-order valence-corrected chi connectivity index (χ2v) is 9.56. The van der Waals surface area contributed by atoms with Crippen LogP contribution in [0.3, 0.4) is 0 Å². The maximum absolute atomic E-state index is 12.7. The summed E-state index contributed by atoms with van der Waals surface area (Å²) in [5.74, 6) is -0.0365. The van der Waals surface area contributed by atoms with Crippen molar-refractivity contribution in [2.75, 3.05) is 12.3 Å². The Balaban J connectivity index is 1.99. The van der Waals surface area contributed by atoms with Gasteiger partial charge in [-0.2, -0.15) is 4.31 Å². The van der Waals surface area contributed by atoms with Gasteiger partial charge in [-0.05, 0) is 24.5 Å². The summed E-state index contributed by atoms with van der Waals surface area (Å²) in [6, 6.07) is 6.54. The van der Waals surface area contributed by atoms with Gasteiger partial charge in [-0.3, -0.25) is 0 Å². The highest BCUT2D eigenvalue weighted by molar-refractivity contribution is 7.93. The molecule has 0 spiro atoms. The van der Waals surface area contributed by atoms with E-state index in [-0.39, 0.29) is 18.3 Å². The van der Waals surface area contributed by atoms with Crippen LogP contribution in [0.25, 0.3) is 0 Å².